The summed E-state index contributed by atoms with van der Waals surface area (Å²) >= 11 is 1.67. The molecule has 0 aromatic rings. The molecule has 0 saturated carbocycles. The van der Waals surface area contributed by atoms with Crippen molar-refractivity contribution in [3.8, 4) is 0 Å². The van der Waals surface area contributed by atoms with Gasteiger partial charge in [-0.25, -0.2) is 4.79 Å². The maximum Gasteiger partial charge on any atom is 0.346 e. The highest BCUT2D eigenvalue weighted by Crippen LogP contribution is 2.03. The predicted molar refractivity (Wildman–Crippen MR) is 55.2 cm³/mol. The molecule has 5 heteroatoms. The van der Waals surface area contributed by atoms with Gasteiger partial charge in [-0.15, -0.1) is 0 Å². The minimum Gasteiger partial charge on any atom is -0.466 e. The molecule has 0 radical (unpaired) electrons. The molecule has 0 aromatic carbocycles. The number of hydrogen-bond acceptors (Lipinski definition) is 5. The van der Waals surface area contributed by atoms with Crippen LogP contribution >= 0.6 is 11.8 Å². The molecule has 0 aliphatic carbocycles. The molecule has 82 valence electrons. The molecule has 0 amide bonds. The second kappa shape index (κ2) is 7.67. The Hall–Kier alpha value is -0.710. The van der Waals surface area contributed by atoms with Gasteiger partial charge in [0.25, 0.3) is 0 Å². The summed E-state index contributed by atoms with van der Waals surface area (Å²) in [6.45, 7) is 1.50. The van der Waals surface area contributed by atoms with Crippen LogP contribution < -0.4 is 0 Å². The van der Waals surface area contributed by atoms with Gasteiger partial charge in [-0.3, -0.25) is 4.79 Å². The molecule has 0 fully saturated rings. The van der Waals surface area contributed by atoms with Gasteiger partial charge in [0, 0.05) is 6.42 Å². The molecule has 0 bridgehead atoms. The molecular weight excluding hydrogens is 204 g/mol. The zero-order valence-electron chi connectivity index (χ0n) is 8.74. The van der Waals surface area contributed by atoms with E-state index in [4.69, 9.17) is 4.74 Å². The smallest absolute Gasteiger partial charge is 0.346 e. The van der Waals surface area contributed by atoms with Crippen molar-refractivity contribution < 1.29 is 19.1 Å². The van der Waals surface area contributed by atoms with Crippen molar-refractivity contribution in [1.82, 2.24) is 0 Å². The summed E-state index contributed by atoms with van der Waals surface area (Å²) in [6.07, 6.45) is 2.29. The monoisotopic (exact) mass is 220 g/mol. The first-order valence-corrected chi connectivity index (χ1v) is 5.77. The van der Waals surface area contributed by atoms with Gasteiger partial charge >= 0.3 is 11.9 Å². The Morgan fingerprint density at radius 1 is 1.43 bits per heavy atom. The van der Waals surface area contributed by atoms with Gasteiger partial charge in [0.05, 0.1) is 7.11 Å². The number of rotatable bonds is 6. The zero-order valence-corrected chi connectivity index (χ0v) is 9.56. The van der Waals surface area contributed by atoms with E-state index >= 15 is 0 Å². The lowest BCUT2D eigenvalue weighted by atomic mass is 10.3. The van der Waals surface area contributed by atoms with Crippen LogP contribution in [0, 0.1) is 0 Å². The van der Waals surface area contributed by atoms with Gasteiger partial charge < -0.3 is 9.47 Å². The Morgan fingerprint density at radius 2 is 2.07 bits per heavy atom. The molecule has 0 spiro atoms. The highest BCUT2D eigenvalue weighted by molar-refractivity contribution is 7.98. The Balaban J connectivity index is 3.65. The minimum atomic E-state index is -0.804. The minimum absolute atomic E-state index is 0.349. The van der Waals surface area contributed by atoms with Crippen LogP contribution in [0.25, 0.3) is 0 Å². The summed E-state index contributed by atoms with van der Waals surface area (Å²) in [5.41, 5.74) is 0. The van der Waals surface area contributed by atoms with Crippen molar-refractivity contribution in [2.24, 2.45) is 0 Å². The number of ether oxygens (including phenoxy) is 2. The molecule has 0 aromatic heterocycles. The highest BCUT2D eigenvalue weighted by Gasteiger charge is 2.17. The van der Waals surface area contributed by atoms with E-state index in [2.05, 4.69) is 4.74 Å². The second-order valence-electron chi connectivity index (χ2n) is 2.75. The van der Waals surface area contributed by atoms with Crippen molar-refractivity contribution >= 4 is 23.7 Å². The van der Waals surface area contributed by atoms with Crippen LogP contribution in [-0.4, -0.2) is 37.2 Å². The second-order valence-corrected chi connectivity index (χ2v) is 3.74. The molecule has 0 saturated heterocycles. The van der Waals surface area contributed by atoms with Crippen molar-refractivity contribution in [2.75, 3.05) is 19.1 Å². The van der Waals surface area contributed by atoms with Crippen LogP contribution in [0.3, 0.4) is 0 Å². The first kappa shape index (κ1) is 13.3. The van der Waals surface area contributed by atoms with Crippen LogP contribution in [0.2, 0.25) is 0 Å². The lowest BCUT2D eigenvalue weighted by Gasteiger charge is -2.10. The fourth-order valence-electron chi connectivity index (χ4n) is 0.831. The maximum absolute atomic E-state index is 11.1. The number of carbonyl (C=O) groups excluding carboxylic acids is 2. The van der Waals surface area contributed by atoms with Crippen molar-refractivity contribution in [2.45, 2.75) is 25.9 Å². The summed E-state index contributed by atoms with van der Waals surface area (Å²) in [7, 11) is 1.26. The van der Waals surface area contributed by atoms with E-state index in [9.17, 15) is 9.59 Å². The number of carbonyl (C=O) groups is 2. The summed E-state index contributed by atoms with van der Waals surface area (Å²) in [4.78, 5) is 22.0. The summed E-state index contributed by atoms with van der Waals surface area (Å²) in [6, 6.07) is 0. The normalized spacial score (nSPS) is 11.9. The molecule has 0 N–H and O–H groups in total. The molecule has 0 aliphatic rings. The van der Waals surface area contributed by atoms with E-state index in [0.29, 0.717) is 6.42 Å². The standard InChI is InChI=1S/C9H16O4S/c1-7(9(11)12-2)13-8(10)5-4-6-14-3/h7H,4-6H2,1-3H3. The van der Waals surface area contributed by atoms with Crippen molar-refractivity contribution in [3.05, 3.63) is 0 Å². The number of esters is 2. The first-order chi connectivity index (χ1) is 6.61. The van der Waals surface area contributed by atoms with E-state index < -0.39 is 12.1 Å². The Kier molecular flexibility index (Phi) is 7.28. The fraction of sp³-hybridized carbons (Fsp3) is 0.778. The Morgan fingerprint density at radius 3 is 2.57 bits per heavy atom. The van der Waals surface area contributed by atoms with E-state index in [0.717, 1.165) is 12.2 Å². The van der Waals surface area contributed by atoms with Gasteiger partial charge in [-0.1, -0.05) is 0 Å². The van der Waals surface area contributed by atoms with Gasteiger partial charge in [0.15, 0.2) is 6.10 Å². The highest BCUT2D eigenvalue weighted by atomic mass is 32.2. The molecular formula is C9H16O4S. The van der Waals surface area contributed by atoms with E-state index in [-0.39, 0.29) is 5.97 Å². The number of methoxy groups -OCH3 is 1. The average molecular weight is 220 g/mol. The Bertz CT molecular complexity index is 193. The molecule has 0 rings (SSSR count). The van der Waals surface area contributed by atoms with Gasteiger partial charge in [0.2, 0.25) is 0 Å². The van der Waals surface area contributed by atoms with Crippen LogP contribution in [0.15, 0.2) is 0 Å². The number of thioether (sulfide) groups is 1. The molecule has 4 nitrogen and oxygen atoms in total. The zero-order chi connectivity index (χ0) is 11.0. The van der Waals surface area contributed by atoms with Crippen LogP contribution in [0.4, 0.5) is 0 Å². The third kappa shape index (κ3) is 5.85. The quantitative estimate of drug-likeness (QED) is 0.498. The lowest BCUT2D eigenvalue weighted by molar-refractivity contribution is -0.164. The van der Waals surface area contributed by atoms with E-state index in [1.54, 1.807) is 11.8 Å². The summed E-state index contributed by atoms with van der Waals surface area (Å²) in [5.74, 6) is 0.0435. The lowest BCUT2D eigenvalue weighted by Crippen LogP contribution is -2.25. The molecule has 1 atom stereocenters. The number of hydrogen-bond donors (Lipinski definition) is 0. The topological polar surface area (TPSA) is 52.6 Å². The average Bonchev–Trinajstić information content (AvgIpc) is 2.16. The third-order valence-electron chi connectivity index (χ3n) is 1.57. The van der Waals surface area contributed by atoms with Crippen LogP contribution in [-0.2, 0) is 19.1 Å². The maximum atomic E-state index is 11.1. The molecule has 1 unspecified atom stereocenters. The largest absolute Gasteiger partial charge is 0.466 e. The molecule has 14 heavy (non-hydrogen) atoms. The van der Waals surface area contributed by atoms with Gasteiger partial charge in [-0.2, -0.15) is 11.8 Å². The Labute approximate surface area is 88.3 Å². The van der Waals surface area contributed by atoms with E-state index in [1.807, 2.05) is 6.26 Å². The summed E-state index contributed by atoms with van der Waals surface area (Å²) in [5, 5.41) is 0. The fourth-order valence-corrected chi connectivity index (χ4v) is 1.26. The van der Waals surface area contributed by atoms with Crippen molar-refractivity contribution in [3.63, 3.8) is 0 Å². The first-order valence-electron chi connectivity index (χ1n) is 4.38. The van der Waals surface area contributed by atoms with Crippen molar-refractivity contribution in [1.29, 1.82) is 0 Å². The van der Waals surface area contributed by atoms with E-state index in [1.165, 1.54) is 14.0 Å². The van der Waals surface area contributed by atoms with Gasteiger partial charge in [0.1, 0.15) is 0 Å². The summed E-state index contributed by atoms with van der Waals surface area (Å²) < 4.78 is 9.25. The molecule has 0 heterocycles. The third-order valence-corrected chi connectivity index (χ3v) is 2.27. The molecule has 0 aliphatic heterocycles. The van der Waals surface area contributed by atoms with Crippen LogP contribution in [0.5, 0.6) is 0 Å². The predicted octanol–water partition coefficient (Wildman–Crippen LogP) is 1.23. The van der Waals surface area contributed by atoms with Gasteiger partial charge in [-0.05, 0) is 25.4 Å². The SMILES string of the molecule is COC(=O)C(C)OC(=O)CCCSC. The van der Waals surface area contributed by atoms with Crippen LogP contribution in [0.1, 0.15) is 19.8 Å².